The van der Waals surface area contributed by atoms with Gasteiger partial charge in [-0.25, -0.2) is 9.59 Å². The molecule has 10 heavy (non-hydrogen) atoms. The van der Waals surface area contributed by atoms with Gasteiger partial charge >= 0.3 is 22.2 Å². The molecule has 0 radical (unpaired) electrons. The smallest absolute Gasteiger partial charge is 0.435 e. The molecule has 2 amide bonds. The lowest BCUT2D eigenvalue weighted by Gasteiger charge is -1.98. The van der Waals surface area contributed by atoms with E-state index < -0.39 is 22.2 Å². The highest BCUT2D eigenvalue weighted by molar-refractivity contribution is 6.21. The lowest BCUT2D eigenvalue weighted by molar-refractivity contribution is -0.149. The number of amides is 2. The van der Waals surface area contributed by atoms with Crippen molar-refractivity contribution in [3.05, 3.63) is 0 Å². The normalized spacial score (nSPS) is 9.60. The van der Waals surface area contributed by atoms with Crippen LogP contribution in [0, 0.1) is 0 Å². The molecular weight excluding hydrogens is 160 g/mol. The van der Waals surface area contributed by atoms with Crippen LogP contribution in [0.4, 0.5) is 9.59 Å². The van der Waals surface area contributed by atoms with Gasteiger partial charge in [0.25, 0.3) is 0 Å². The minimum absolute atomic E-state index is 0.972. The van der Waals surface area contributed by atoms with Gasteiger partial charge in [0.05, 0.1) is 0 Å². The topological polar surface area (TPSA) is 114 Å². The first kappa shape index (κ1) is 8.72. The van der Waals surface area contributed by atoms with Crippen molar-refractivity contribution in [2.75, 3.05) is 0 Å². The summed E-state index contributed by atoms with van der Waals surface area (Å²) >= 11 is 0. The fourth-order valence-corrected chi connectivity index (χ4v) is 0.493. The molecule has 0 saturated carbocycles. The lowest BCUT2D eigenvalue weighted by atomic mass is 11.3. The molecule has 0 fully saturated rings. The molecule has 0 atom stereocenters. The zero-order chi connectivity index (χ0) is 7.98. The second-order valence-corrected chi connectivity index (χ2v) is 1.86. The van der Waals surface area contributed by atoms with Crippen LogP contribution >= 0.6 is 0 Å². The first-order valence-corrected chi connectivity index (χ1v) is 3.29. The van der Waals surface area contributed by atoms with Crippen molar-refractivity contribution in [3.63, 3.8) is 0 Å². The first-order chi connectivity index (χ1) is 4.63. The van der Waals surface area contributed by atoms with Gasteiger partial charge in [0, 0.05) is 0 Å². The summed E-state index contributed by atoms with van der Waals surface area (Å²) < 4.78 is 8.16. The van der Waals surface area contributed by atoms with Gasteiger partial charge in [-0.05, 0) is 0 Å². The number of carbonyl (C=O) groups is 2. The van der Waals surface area contributed by atoms with E-state index in [0.717, 1.165) is 0 Å². The zero-order valence-corrected chi connectivity index (χ0v) is 6.32. The van der Waals surface area contributed by atoms with E-state index in [4.69, 9.17) is 0 Å². The molecule has 58 valence electrons. The van der Waals surface area contributed by atoms with Gasteiger partial charge in [0.1, 0.15) is 0 Å². The fraction of sp³-hybridized carbons (Fsp3) is 0. The van der Waals surface area contributed by atoms with E-state index in [-0.39, 0.29) is 0 Å². The average molecular weight is 166 g/mol. The molecule has 0 aromatic rings. The second kappa shape index (κ2) is 4.58. The molecule has 8 heteroatoms. The first-order valence-electron chi connectivity index (χ1n) is 2.14. The summed E-state index contributed by atoms with van der Waals surface area (Å²) in [5, 5.41) is 0. The van der Waals surface area contributed by atoms with Crippen LogP contribution in [0.15, 0.2) is 0 Å². The van der Waals surface area contributed by atoms with E-state index in [1.165, 1.54) is 0 Å². The molecule has 0 rings (SSSR count). The molecule has 0 saturated heterocycles. The maximum atomic E-state index is 9.83. The average Bonchev–Trinajstić information content (AvgIpc) is 1.79. The van der Waals surface area contributed by atoms with E-state index in [1.807, 2.05) is 0 Å². The van der Waals surface area contributed by atoms with Gasteiger partial charge in [0.15, 0.2) is 0 Å². The number of primary amides is 2. The van der Waals surface area contributed by atoms with Crippen LogP contribution in [-0.2, 0) is 13.9 Å². The Bertz CT molecular complexity index is 122. The minimum atomic E-state index is -1.68. The van der Waals surface area contributed by atoms with Crippen LogP contribution in [0.5, 0.6) is 0 Å². The molecule has 0 aliphatic rings. The van der Waals surface area contributed by atoms with Gasteiger partial charge in [0.2, 0.25) is 0 Å². The number of rotatable bonds is 3. The monoisotopic (exact) mass is 166 g/mol. The molecule has 0 bridgehead atoms. The summed E-state index contributed by atoms with van der Waals surface area (Å²) in [7, 11) is -1.68. The molecule has 4 N–H and O–H groups in total. The van der Waals surface area contributed by atoms with Crippen molar-refractivity contribution < 1.29 is 23.5 Å². The summed E-state index contributed by atoms with van der Waals surface area (Å²) in [6.45, 7) is 0. The Balaban J connectivity index is 3.06. The Morgan fingerprint density at radius 3 is 2.20 bits per heavy atom. The van der Waals surface area contributed by atoms with E-state index in [2.05, 4.69) is 25.4 Å². The third-order valence-electron chi connectivity index (χ3n) is 0.390. The number of carbonyl (C=O) groups excluding carboxylic acids is 2. The molecule has 0 spiro atoms. The van der Waals surface area contributed by atoms with E-state index in [1.54, 1.807) is 0 Å². The predicted molar refractivity (Wildman–Crippen MR) is 31.0 cm³/mol. The Morgan fingerprint density at radius 2 is 1.80 bits per heavy atom. The summed E-state index contributed by atoms with van der Waals surface area (Å²) in [4.78, 5) is 23.4. The molecule has 0 aromatic carbocycles. The highest BCUT2D eigenvalue weighted by atomic mass is 28.3. The molecule has 0 unspecified atom stereocenters. The molecule has 0 aromatic heterocycles. The van der Waals surface area contributed by atoms with Crippen molar-refractivity contribution >= 4 is 22.2 Å². The quantitative estimate of drug-likeness (QED) is 0.220. The minimum Gasteiger partial charge on any atom is -0.480 e. The maximum Gasteiger partial charge on any atom is 0.435 e. The van der Waals surface area contributed by atoms with Crippen molar-refractivity contribution in [2.45, 2.75) is 0 Å². The van der Waals surface area contributed by atoms with Crippen molar-refractivity contribution in [1.82, 2.24) is 0 Å². The highest BCUT2D eigenvalue weighted by Crippen LogP contribution is 1.76. The van der Waals surface area contributed by atoms with Gasteiger partial charge < -0.3 is 15.9 Å². The van der Waals surface area contributed by atoms with E-state index in [0.29, 0.717) is 0 Å². The number of hydrogen-bond acceptors (Lipinski definition) is 5. The Hall–Kier alpha value is -1.28. The van der Waals surface area contributed by atoms with Crippen molar-refractivity contribution in [2.24, 2.45) is 11.5 Å². The maximum absolute atomic E-state index is 9.83. The number of hydrogen-bond donors (Lipinski definition) is 2. The lowest BCUT2D eigenvalue weighted by Crippen LogP contribution is -2.21. The fourth-order valence-electron chi connectivity index (χ4n) is 0.164. The van der Waals surface area contributed by atoms with Crippen LogP contribution in [0.25, 0.3) is 0 Å². The van der Waals surface area contributed by atoms with Crippen LogP contribution in [0.3, 0.4) is 0 Å². The van der Waals surface area contributed by atoms with Gasteiger partial charge in [-0.1, -0.05) is 0 Å². The molecular formula is C2H6N2O5Si. The van der Waals surface area contributed by atoms with E-state index in [9.17, 15) is 9.59 Å². The molecule has 0 heterocycles. The zero-order valence-electron chi connectivity index (χ0n) is 4.90. The Kier molecular flexibility index (Phi) is 3.99. The van der Waals surface area contributed by atoms with Gasteiger partial charge in [-0.15, -0.1) is 0 Å². The van der Waals surface area contributed by atoms with Crippen LogP contribution in [0.1, 0.15) is 0 Å². The van der Waals surface area contributed by atoms with Crippen LogP contribution in [0.2, 0.25) is 0 Å². The summed E-state index contributed by atoms with van der Waals surface area (Å²) in [5.74, 6) is 0. The van der Waals surface area contributed by atoms with E-state index >= 15 is 0 Å². The molecule has 0 aliphatic carbocycles. The summed E-state index contributed by atoms with van der Waals surface area (Å²) in [6.07, 6.45) is -2.07. The molecule has 7 nitrogen and oxygen atoms in total. The van der Waals surface area contributed by atoms with Crippen LogP contribution in [-0.4, -0.2) is 22.2 Å². The standard InChI is InChI=1S/C2H6N2O5Si/c3-1(5)7-9-10-8-2(4)6/h10H2,(H2,3,5)(H2,4,6). The second-order valence-electron chi connectivity index (χ2n) is 1.10. The van der Waals surface area contributed by atoms with Crippen molar-refractivity contribution in [1.29, 1.82) is 0 Å². The number of nitrogens with two attached hydrogens (primary N) is 2. The third kappa shape index (κ3) is 6.72. The van der Waals surface area contributed by atoms with Crippen molar-refractivity contribution in [3.8, 4) is 0 Å². The van der Waals surface area contributed by atoms with Crippen LogP contribution < -0.4 is 11.5 Å². The van der Waals surface area contributed by atoms with Gasteiger partial charge in [-0.2, -0.15) is 4.58 Å². The molecule has 0 aliphatic heterocycles. The largest absolute Gasteiger partial charge is 0.480 e. The summed E-state index contributed by atoms with van der Waals surface area (Å²) in [5.41, 5.74) is 9.00. The summed E-state index contributed by atoms with van der Waals surface area (Å²) in [6, 6.07) is 0. The SMILES string of the molecule is NC(=O)OO[SiH2]OC(N)=O. The Morgan fingerprint density at radius 1 is 1.20 bits per heavy atom. The third-order valence-corrected chi connectivity index (χ3v) is 1.01. The highest BCUT2D eigenvalue weighted by Gasteiger charge is 1.97. The van der Waals surface area contributed by atoms with Gasteiger partial charge in [-0.3, -0.25) is 4.89 Å². The Labute approximate surface area is 58.2 Å². The predicted octanol–water partition coefficient (Wildman–Crippen LogP) is -1.89.